The van der Waals surface area contributed by atoms with E-state index in [4.69, 9.17) is 0 Å². The van der Waals surface area contributed by atoms with Crippen LogP contribution in [0.25, 0.3) is 0 Å². The summed E-state index contributed by atoms with van der Waals surface area (Å²) in [4.78, 5) is 44.8. The quantitative estimate of drug-likeness (QED) is 0.780. The molecule has 2 amide bonds. The SMILES string of the molecule is CC(=O)c1ccc(C(=O)NC2CCN(C(=O)Cc3nc[nH]c3C)C2)cc1F. The van der Waals surface area contributed by atoms with Gasteiger partial charge in [0, 0.05) is 30.4 Å². The van der Waals surface area contributed by atoms with E-state index in [-0.39, 0.29) is 29.5 Å². The lowest BCUT2D eigenvalue weighted by molar-refractivity contribution is -0.129. The van der Waals surface area contributed by atoms with Gasteiger partial charge in [-0.05, 0) is 38.5 Å². The predicted octanol–water partition coefficient (Wildman–Crippen LogP) is 1.63. The van der Waals surface area contributed by atoms with Crippen LogP contribution in [0.5, 0.6) is 0 Å². The van der Waals surface area contributed by atoms with Crippen molar-refractivity contribution in [3.8, 4) is 0 Å². The fraction of sp³-hybridized carbons (Fsp3) is 0.368. The third-order valence-electron chi connectivity index (χ3n) is 4.74. The lowest BCUT2D eigenvalue weighted by Gasteiger charge is -2.17. The van der Waals surface area contributed by atoms with Crippen molar-refractivity contribution in [1.29, 1.82) is 0 Å². The minimum atomic E-state index is -0.715. The summed E-state index contributed by atoms with van der Waals surface area (Å²) in [6.07, 6.45) is 2.40. The Morgan fingerprint density at radius 3 is 2.78 bits per heavy atom. The third kappa shape index (κ3) is 4.21. The van der Waals surface area contributed by atoms with E-state index in [2.05, 4.69) is 15.3 Å². The molecule has 7 nitrogen and oxygen atoms in total. The maximum atomic E-state index is 13.9. The van der Waals surface area contributed by atoms with Gasteiger partial charge in [-0.15, -0.1) is 0 Å². The van der Waals surface area contributed by atoms with Crippen molar-refractivity contribution in [3.63, 3.8) is 0 Å². The minimum absolute atomic E-state index is 0.0428. The molecule has 8 heteroatoms. The van der Waals surface area contributed by atoms with E-state index >= 15 is 0 Å². The molecule has 2 aromatic rings. The summed E-state index contributed by atoms with van der Waals surface area (Å²) in [6.45, 7) is 4.08. The maximum absolute atomic E-state index is 13.9. The number of halogens is 1. The van der Waals surface area contributed by atoms with Crippen molar-refractivity contribution in [2.45, 2.75) is 32.7 Å². The van der Waals surface area contributed by atoms with Crippen LogP contribution in [0.4, 0.5) is 4.39 Å². The Balaban J connectivity index is 1.57. The largest absolute Gasteiger partial charge is 0.348 e. The Kier molecular flexibility index (Phi) is 5.34. The number of carbonyl (C=O) groups is 3. The lowest BCUT2D eigenvalue weighted by atomic mass is 10.1. The fourth-order valence-electron chi connectivity index (χ4n) is 3.14. The van der Waals surface area contributed by atoms with Crippen LogP contribution >= 0.6 is 0 Å². The highest BCUT2D eigenvalue weighted by atomic mass is 19.1. The smallest absolute Gasteiger partial charge is 0.251 e. The molecule has 142 valence electrons. The van der Waals surface area contributed by atoms with Gasteiger partial charge < -0.3 is 15.2 Å². The predicted molar refractivity (Wildman–Crippen MR) is 95.9 cm³/mol. The Morgan fingerprint density at radius 2 is 2.15 bits per heavy atom. The topological polar surface area (TPSA) is 95.2 Å². The maximum Gasteiger partial charge on any atom is 0.251 e. The summed E-state index contributed by atoms with van der Waals surface area (Å²) >= 11 is 0. The second-order valence-corrected chi connectivity index (χ2v) is 6.70. The number of nitrogens with one attached hydrogen (secondary N) is 2. The molecule has 2 heterocycles. The van der Waals surface area contributed by atoms with Gasteiger partial charge in [0.25, 0.3) is 5.91 Å². The van der Waals surface area contributed by atoms with Crippen molar-refractivity contribution >= 4 is 17.6 Å². The Hall–Kier alpha value is -3.03. The summed E-state index contributed by atoms with van der Waals surface area (Å²) in [5, 5.41) is 2.82. The number of hydrogen-bond donors (Lipinski definition) is 2. The highest BCUT2D eigenvalue weighted by molar-refractivity contribution is 5.98. The number of Topliss-reactive ketones (excluding diaryl/α,β-unsaturated/α-hetero) is 1. The molecule has 1 fully saturated rings. The van der Waals surface area contributed by atoms with Crippen molar-refractivity contribution < 1.29 is 18.8 Å². The van der Waals surface area contributed by atoms with Gasteiger partial charge in [0.05, 0.1) is 24.0 Å². The number of ketones is 1. The highest BCUT2D eigenvalue weighted by Crippen LogP contribution is 2.15. The molecule has 1 aromatic carbocycles. The molecule has 2 N–H and O–H groups in total. The van der Waals surface area contributed by atoms with Crippen molar-refractivity contribution in [2.75, 3.05) is 13.1 Å². The van der Waals surface area contributed by atoms with Crippen LogP contribution in [0.1, 0.15) is 45.4 Å². The van der Waals surface area contributed by atoms with Crippen molar-refractivity contribution in [1.82, 2.24) is 20.2 Å². The molecular weight excluding hydrogens is 351 g/mol. The van der Waals surface area contributed by atoms with Gasteiger partial charge in [0.2, 0.25) is 5.91 Å². The van der Waals surface area contributed by atoms with Crippen LogP contribution in [0, 0.1) is 12.7 Å². The van der Waals surface area contributed by atoms with Crippen LogP contribution in [0.3, 0.4) is 0 Å². The van der Waals surface area contributed by atoms with Crippen LogP contribution in [0.15, 0.2) is 24.5 Å². The molecule has 1 saturated heterocycles. The first-order valence-electron chi connectivity index (χ1n) is 8.73. The molecule has 0 aliphatic carbocycles. The number of carbonyl (C=O) groups excluding carboxylic acids is 3. The first-order valence-corrected chi connectivity index (χ1v) is 8.73. The van der Waals surface area contributed by atoms with E-state index in [0.29, 0.717) is 25.2 Å². The van der Waals surface area contributed by atoms with E-state index in [1.165, 1.54) is 19.1 Å². The average Bonchev–Trinajstić information content (AvgIpc) is 3.24. The Labute approximate surface area is 156 Å². The number of aryl methyl sites for hydroxylation is 1. The minimum Gasteiger partial charge on any atom is -0.348 e. The monoisotopic (exact) mass is 372 g/mol. The second kappa shape index (κ2) is 7.69. The van der Waals surface area contributed by atoms with Crippen LogP contribution in [0.2, 0.25) is 0 Å². The number of imidazole rings is 1. The van der Waals surface area contributed by atoms with E-state index in [9.17, 15) is 18.8 Å². The number of amides is 2. The number of aromatic amines is 1. The number of H-pyrrole nitrogens is 1. The molecule has 1 aromatic heterocycles. The lowest BCUT2D eigenvalue weighted by Crippen LogP contribution is -2.39. The van der Waals surface area contributed by atoms with Crippen LogP contribution in [-0.2, 0) is 11.2 Å². The zero-order valence-corrected chi connectivity index (χ0v) is 15.2. The summed E-state index contributed by atoms with van der Waals surface area (Å²) in [6, 6.07) is 3.60. The molecule has 0 bridgehead atoms. The normalized spacial score (nSPS) is 16.4. The molecule has 1 aliphatic rings. The average molecular weight is 372 g/mol. The summed E-state index contributed by atoms with van der Waals surface area (Å²) in [5.41, 5.74) is 1.68. The van der Waals surface area contributed by atoms with Crippen LogP contribution < -0.4 is 5.32 Å². The molecule has 1 unspecified atom stereocenters. The molecular formula is C19H21FN4O3. The molecule has 0 saturated carbocycles. The number of aromatic nitrogens is 2. The zero-order valence-electron chi connectivity index (χ0n) is 15.2. The van der Waals surface area contributed by atoms with E-state index in [1.54, 1.807) is 11.2 Å². The highest BCUT2D eigenvalue weighted by Gasteiger charge is 2.28. The van der Waals surface area contributed by atoms with Gasteiger partial charge in [0.1, 0.15) is 5.82 Å². The number of likely N-dealkylation sites (tertiary alicyclic amines) is 1. The number of rotatable bonds is 5. The van der Waals surface area contributed by atoms with E-state index < -0.39 is 17.5 Å². The molecule has 0 radical (unpaired) electrons. The first kappa shape index (κ1) is 18.8. The first-order chi connectivity index (χ1) is 12.8. The van der Waals surface area contributed by atoms with E-state index in [1.807, 2.05) is 6.92 Å². The van der Waals surface area contributed by atoms with Gasteiger partial charge in [-0.3, -0.25) is 14.4 Å². The summed E-state index contributed by atoms with van der Waals surface area (Å²) < 4.78 is 13.9. The van der Waals surface area contributed by atoms with Gasteiger partial charge in [-0.1, -0.05) is 0 Å². The summed E-state index contributed by atoms with van der Waals surface area (Å²) in [7, 11) is 0. The van der Waals surface area contributed by atoms with Gasteiger partial charge >= 0.3 is 0 Å². The Morgan fingerprint density at radius 1 is 1.37 bits per heavy atom. The molecule has 1 atom stereocenters. The van der Waals surface area contributed by atoms with Crippen molar-refractivity contribution in [3.05, 3.63) is 52.9 Å². The number of benzene rings is 1. The van der Waals surface area contributed by atoms with Crippen molar-refractivity contribution in [2.24, 2.45) is 0 Å². The molecule has 0 spiro atoms. The standard InChI is InChI=1S/C19H21FN4O3/c1-11-17(22-10-21-11)8-18(26)24-6-5-14(9-24)23-19(27)13-3-4-15(12(2)25)16(20)7-13/h3-4,7,10,14H,5-6,8-9H2,1-2H3,(H,21,22)(H,23,27). The second-order valence-electron chi connectivity index (χ2n) is 6.70. The Bertz CT molecular complexity index is 893. The number of nitrogens with zero attached hydrogens (tertiary/aromatic N) is 2. The van der Waals surface area contributed by atoms with Crippen LogP contribution in [-0.4, -0.2) is 51.6 Å². The zero-order chi connectivity index (χ0) is 19.6. The summed E-state index contributed by atoms with van der Waals surface area (Å²) in [5.74, 6) is -1.57. The molecule has 27 heavy (non-hydrogen) atoms. The van der Waals surface area contributed by atoms with Gasteiger partial charge in [0.15, 0.2) is 5.78 Å². The van der Waals surface area contributed by atoms with E-state index in [0.717, 1.165) is 11.8 Å². The van der Waals surface area contributed by atoms with Gasteiger partial charge in [-0.25, -0.2) is 9.37 Å². The number of hydrogen-bond acceptors (Lipinski definition) is 4. The fourth-order valence-corrected chi connectivity index (χ4v) is 3.14. The van der Waals surface area contributed by atoms with Gasteiger partial charge in [-0.2, -0.15) is 0 Å². The molecule has 3 rings (SSSR count). The third-order valence-corrected chi connectivity index (χ3v) is 4.74. The molecule has 1 aliphatic heterocycles.